The number of amides is 3. The van der Waals surface area contributed by atoms with E-state index in [-0.39, 0.29) is 12.4 Å². The average molecular weight is 427 g/mol. The van der Waals surface area contributed by atoms with E-state index in [1.165, 1.54) is 11.3 Å². The van der Waals surface area contributed by atoms with Gasteiger partial charge in [-0.3, -0.25) is 15.0 Å². The van der Waals surface area contributed by atoms with E-state index in [0.29, 0.717) is 33.4 Å². The summed E-state index contributed by atoms with van der Waals surface area (Å²) in [6, 6.07) is 7.16. The summed E-state index contributed by atoms with van der Waals surface area (Å²) < 4.78 is 0. The molecular weight excluding hydrogens is 407 g/mol. The van der Waals surface area contributed by atoms with E-state index in [1.54, 1.807) is 24.3 Å². The molecule has 2 bridgehead atoms. The summed E-state index contributed by atoms with van der Waals surface area (Å²) in [6.07, 6.45) is 3.00. The zero-order valence-corrected chi connectivity index (χ0v) is 17.0. The number of benzene rings is 1. The number of anilines is 2. The average Bonchev–Trinajstić information content (AvgIpc) is 3.05. The lowest BCUT2D eigenvalue weighted by molar-refractivity contribution is 0.0999. The number of urea groups is 1. The first-order valence-corrected chi connectivity index (χ1v) is 9.64. The number of thiophene rings is 1. The van der Waals surface area contributed by atoms with Gasteiger partial charge in [0.05, 0.1) is 5.56 Å². The van der Waals surface area contributed by atoms with Crippen LogP contribution in [0.3, 0.4) is 0 Å². The first kappa shape index (κ1) is 19.9. The number of nitrogens with zero attached hydrogens (tertiary/aromatic N) is 1. The summed E-state index contributed by atoms with van der Waals surface area (Å²) in [4.78, 5) is 28.0. The van der Waals surface area contributed by atoms with Crippen molar-refractivity contribution in [3.05, 3.63) is 45.3 Å². The number of nitrogens with one attached hydrogen (secondary N) is 2. The van der Waals surface area contributed by atoms with E-state index in [9.17, 15) is 9.59 Å². The fraction of sp³-hybridized carbons (Fsp3) is 0.333. The monoisotopic (exact) mass is 426 g/mol. The van der Waals surface area contributed by atoms with Crippen LogP contribution in [0.1, 0.15) is 39.7 Å². The number of carbonyl (C=O) groups excluding carboxylic acids is 2. The topological polar surface area (TPSA) is 87.5 Å². The minimum absolute atomic E-state index is 0. The molecule has 0 spiro atoms. The molecule has 0 saturated carbocycles. The second kappa shape index (κ2) is 7.67. The van der Waals surface area contributed by atoms with Crippen molar-refractivity contribution in [3.63, 3.8) is 0 Å². The summed E-state index contributed by atoms with van der Waals surface area (Å²) in [6.45, 7) is 0. The standard InChI is InChI=1S/C18H19ClN4O2S.ClH/c1-23-11-6-7-13(23)15-12(8-11)14(16(20)24)17(26-15)22-18(25)21-10-4-2-9(19)3-5-10;/h2-5,11,13H,6-8H2,1H3,(H2,20,24)(H2,21,22,25);1H/t11-,13+;/m0./s1. The zero-order chi connectivity index (χ0) is 18.4. The largest absolute Gasteiger partial charge is 0.365 e. The first-order valence-electron chi connectivity index (χ1n) is 8.45. The lowest BCUT2D eigenvalue weighted by Gasteiger charge is -2.31. The third-order valence-electron chi connectivity index (χ3n) is 5.20. The van der Waals surface area contributed by atoms with E-state index in [0.717, 1.165) is 29.7 Å². The van der Waals surface area contributed by atoms with Gasteiger partial charge in [0.25, 0.3) is 5.91 Å². The van der Waals surface area contributed by atoms with Crippen LogP contribution in [0.25, 0.3) is 0 Å². The predicted molar refractivity (Wildman–Crippen MR) is 111 cm³/mol. The van der Waals surface area contributed by atoms with Crippen molar-refractivity contribution in [2.24, 2.45) is 5.73 Å². The number of hydrogen-bond acceptors (Lipinski definition) is 4. The molecule has 6 nitrogen and oxygen atoms in total. The predicted octanol–water partition coefficient (Wildman–Crippen LogP) is 4.26. The number of primary amides is 1. The molecule has 2 aliphatic rings. The summed E-state index contributed by atoms with van der Waals surface area (Å²) in [5.41, 5.74) is 7.73. The quantitative estimate of drug-likeness (QED) is 0.684. The molecule has 144 valence electrons. The Morgan fingerprint density at radius 3 is 2.59 bits per heavy atom. The Balaban J connectivity index is 0.00000210. The fourth-order valence-electron chi connectivity index (χ4n) is 3.91. The molecule has 0 aliphatic carbocycles. The van der Waals surface area contributed by atoms with E-state index < -0.39 is 11.9 Å². The summed E-state index contributed by atoms with van der Waals surface area (Å²) >= 11 is 7.31. The second-order valence-corrected chi connectivity index (χ2v) is 8.20. The molecule has 1 aromatic heterocycles. The third-order valence-corrected chi connectivity index (χ3v) is 6.70. The van der Waals surface area contributed by atoms with Crippen LogP contribution in [0.15, 0.2) is 24.3 Å². The van der Waals surface area contributed by atoms with Gasteiger partial charge in [0.15, 0.2) is 0 Å². The van der Waals surface area contributed by atoms with Crippen molar-refractivity contribution >= 4 is 58.0 Å². The van der Waals surface area contributed by atoms with Crippen LogP contribution >= 0.6 is 35.3 Å². The van der Waals surface area contributed by atoms with Crippen molar-refractivity contribution in [1.29, 1.82) is 0 Å². The van der Waals surface area contributed by atoms with Gasteiger partial charge >= 0.3 is 6.03 Å². The number of nitrogens with two attached hydrogens (primary N) is 1. The number of carbonyl (C=O) groups is 2. The highest BCUT2D eigenvalue weighted by molar-refractivity contribution is 7.17. The van der Waals surface area contributed by atoms with Crippen LogP contribution in [0.5, 0.6) is 0 Å². The van der Waals surface area contributed by atoms with E-state index in [4.69, 9.17) is 17.3 Å². The van der Waals surface area contributed by atoms with Gasteiger partial charge in [0.1, 0.15) is 5.00 Å². The molecule has 2 atom stereocenters. The zero-order valence-electron chi connectivity index (χ0n) is 14.6. The van der Waals surface area contributed by atoms with Gasteiger partial charge in [-0.05, 0) is 56.1 Å². The normalized spacial score (nSPS) is 20.5. The number of fused-ring (bicyclic) bond motifs is 4. The maximum absolute atomic E-state index is 12.4. The van der Waals surface area contributed by atoms with E-state index in [2.05, 4.69) is 22.6 Å². The van der Waals surface area contributed by atoms with Gasteiger partial charge in [-0.25, -0.2) is 4.79 Å². The third kappa shape index (κ3) is 3.65. The van der Waals surface area contributed by atoms with Crippen molar-refractivity contribution in [1.82, 2.24) is 4.90 Å². The smallest absolute Gasteiger partial charge is 0.324 e. The van der Waals surface area contributed by atoms with Crippen LogP contribution in [-0.4, -0.2) is 29.9 Å². The first-order chi connectivity index (χ1) is 12.4. The van der Waals surface area contributed by atoms with Crippen LogP contribution in [-0.2, 0) is 6.42 Å². The van der Waals surface area contributed by atoms with E-state index in [1.807, 2.05) is 0 Å². The molecule has 3 heterocycles. The number of halogens is 2. The Morgan fingerprint density at radius 1 is 1.22 bits per heavy atom. The molecule has 0 unspecified atom stereocenters. The molecule has 2 aromatic rings. The number of likely N-dealkylation sites (N-methyl/N-ethyl adjacent to an activating group) is 1. The van der Waals surface area contributed by atoms with Crippen LogP contribution in [0, 0.1) is 0 Å². The lowest BCUT2D eigenvalue weighted by atomic mass is 9.97. The Hall–Kier alpha value is -1.80. The van der Waals surface area contributed by atoms with Crippen LogP contribution in [0.4, 0.5) is 15.5 Å². The van der Waals surface area contributed by atoms with Gasteiger partial charge < -0.3 is 11.1 Å². The Morgan fingerprint density at radius 2 is 1.93 bits per heavy atom. The van der Waals surface area contributed by atoms with Crippen molar-refractivity contribution < 1.29 is 9.59 Å². The molecule has 2 aliphatic heterocycles. The molecule has 1 saturated heterocycles. The molecule has 4 rings (SSSR count). The summed E-state index contributed by atoms with van der Waals surface area (Å²) in [7, 11) is 2.12. The van der Waals surface area contributed by atoms with Crippen molar-refractivity contribution in [3.8, 4) is 0 Å². The highest BCUT2D eigenvalue weighted by atomic mass is 35.5. The SMILES string of the molecule is CN1[C@H]2CC[C@@H]1c1sc(NC(=O)Nc3ccc(Cl)cc3)c(C(N)=O)c1C2.Cl. The summed E-state index contributed by atoms with van der Waals surface area (Å²) in [5, 5.41) is 6.66. The minimum Gasteiger partial charge on any atom is -0.365 e. The Bertz CT molecular complexity index is 884. The maximum atomic E-state index is 12.4. The maximum Gasteiger partial charge on any atom is 0.324 e. The molecular formula is C18H20Cl2N4O2S. The fourth-order valence-corrected chi connectivity index (χ4v) is 5.46. The van der Waals surface area contributed by atoms with Crippen molar-refractivity contribution in [2.75, 3.05) is 17.7 Å². The van der Waals surface area contributed by atoms with Gasteiger partial charge in [-0.15, -0.1) is 23.7 Å². The van der Waals surface area contributed by atoms with Gasteiger partial charge in [0.2, 0.25) is 0 Å². The molecule has 1 aromatic carbocycles. The van der Waals surface area contributed by atoms with Crippen LogP contribution < -0.4 is 16.4 Å². The Labute approximate surface area is 172 Å². The summed E-state index contributed by atoms with van der Waals surface area (Å²) in [5.74, 6) is -0.492. The number of hydrogen-bond donors (Lipinski definition) is 3. The molecule has 1 fully saturated rings. The molecule has 27 heavy (non-hydrogen) atoms. The molecule has 4 N–H and O–H groups in total. The van der Waals surface area contributed by atoms with Crippen molar-refractivity contribution in [2.45, 2.75) is 31.3 Å². The van der Waals surface area contributed by atoms with Gasteiger partial charge in [-0.2, -0.15) is 0 Å². The molecule has 0 radical (unpaired) electrons. The number of rotatable bonds is 3. The van der Waals surface area contributed by atoms with E-state index >= 15 is 0 Å². The highest BCUT2D eigenvalue weighted by Crippen LogP contribution is 2.49. The highest BCUT2D eigenvalue weighted by Gasteiger charge is 2.41. The molecule has 9 heteroatoms. The minimum atomic E-state index is -0.492. The Kier molecular flexibility index (Phi) is 5.67. The molecule has 3 amide bonds. The second-order valence-electron chi connectivity index (χ2n) is 6.72. The lowest BCUT2D eigenvalue weighted by Crippen LogP contribution is -2.34. The van der Waals surface area contributed by atoms with Gasteiger partial charge in [-0.1, -0.05) is 11.6 Å². The van der Waals surface area contributed by atoms with Gasteiger partial charge in [0, 0.05) is 27.7 Å². The van der Waals surface area contributed by atoms with Crippen LogP contribution in [0.2, 0.25) is 5.02 Å².